The van der Waals surface area contributed by atoms with Crippen LogP contribution in [0.2, 0.25) is 0 Å². The largest absolute Gasteiger partial charge is 0.493 e. The first-order chi connectivity index (χ1) is 17.0. The zero-order valence-electron chi connectivity index (χ0n) is 20.3. The van der Waals surface area contributed by atoms with Crippen LogP contribution in [0, 0.1) is 0 Å². The smallest absolute Gasteiger partial charge is 0.267 e. The van der Waals surface area contributed by atoms with E-state index in [1.165, 1.54) is 6.08 Å². The highest BCUT2D eigenvalue weighted by atomic mass is 16.5. The van der Waals surface area contributed by atoms with Crippen LogP contribution in [0.15, 0.2) is 42.5 Å². The quantitative estimate of drug-likeness (QED) is 0.580. The molecule has 1 N–H and O–H groups in total. The van der Waals surface area contributed by atoms with Crippen LogP contribution < -0.4 is 24.4 Å². The molecule has 1 atom stereocenters. The number of carbonyl (C=O) groups excluding carboxylic acids is 2. The van der Waals surface area contributed by atoms with Gasteiger partial charge in [-0.1, -0.05) is 6.07 Å². The van der Waals surface area contributed by atoms with Crippen LogP contribution in [0.1, 0.15) is 12.5 Å². The highest BCUT2D eigenvalue weighted by Crippen LogP contribution is 2.36. The van der Waals surface area contributed by atoms with E-state index in [-0.39, 0.29) is 11.8 Å². The number of fused-ring (bicyclic) bond motifs is 1. The van der Waals surface area contributed by atoms with Gasteiger partial charge in [0.15, 0.2) is 17.6 Å². The average molecular weight is 482 g/mol. The molecule has 2 aromatic carbocycles. The highest BCUT2D eigenvalue weighted by molar-refractivity contribution is 6.04. The van der Waals surface area contributed by atoms with Gasteiger partial charge in [0.25, 0.3) is 5.91 Å². The summed E-state index contributed by atoms with van der Waals surface area (Å²) in [6.45, 7) is 6.14. The van der Waals surface area contributed by atoms with Crippen molar-refractivity contribution in [2.45, 2.75) is 13.0 Å². The second-order valence-electron chi connectivity index (χ2n) is 8.32. The fraction of sp³-hybridized carbons (Fsp3) is 0.385. The van der Waals surface area contributed by atoms with E-state index in [2.05, 4.69) is 10.2 Å². The van der Waals surface area contributed by atoms with Gasteiger partial charge >= 0.3 is 0 Å². The summed E-state index contributed by atoms with van der Waals surface area (Å²) < 4.78 is 21.8. The Morgan fingerprint density at radius 3 is 2.60 bits per heavy atom. The number of carbonyl (C=O) groups is 2. The van der Waals surface area contributed by atoms with Crippen LogP contribution in [0.3, 0.4) is 0 Å². The van der Waals surface area contributed by atoms with Crippen LogP contribution >= 0.6 is 0 Å². The molecule has 0 spiro atoms. The first-order valence-electron chi connectivity index (χ1n) is 11.6. The fourth-order valence-corrected chi connectivity index (χ4v) is 4.09. The number of methoxy groups -OCH3 is 2. The second-order valence-corrected chi connectivity index (χ2v) is 8.32. The first kappa shape index (κ1) is 24.6. The summed E-state index contributed by atoms with van der Waals surface area (Å²) in [5.74, 6) is 1.43. The molecular formula is C26H31N3O6. The Kier molecular flexibility index (Phi) is 7.89. The van der Waals surface area contributed by atoms with E-state index >= 15 is 0 Å². The Morgan fingerprint density at radius 2 is 1.86 bits per heavy atom. The average Bonchev–Trinajstić information content (AvgIpc) is 2.88. The summed E-state index contributed by atoms with van der Waals surface area (Å²) >= 11 is 0. The second kappa shape index (κ2) is 11.2. The van der Waals surface area contributed by atoms with Crippen molar-refractivity contribution in [2.24, 2.45) is 0 Å². The molecule has 2 aliphatic rings. The summed E-state index contributed by atoms with van der Waals surface area (Å²) in [6.07, 6.45) is 2.58. The summed E-state index contributed by atoms with van der Waals surface area (Å²) in [5.41, 5.74) is 2.03. The molecule has 35 heavy (non-hydrogen) atoms. The molecule has 9 nitrogen and oxygen atoms in total. The molecule has 2 aromatic rings. The van der Waals surface area contributed by atoms with Gasteiger partial charge in [-0.15, -0.1) is 0 Å². The number of benzene rings is 2. The van der Waals surface area contributed by atoms with Crippen molar-refractivity contribution in [3.05, 3.63) is 48.0 Å². The molecule has 9 heteroatoms. The zero-order valence-corrected chi connectivity index (χ0v) is 20.3. The van der Waals surface area contributed by atoms with Gasteiger partial charge in [-0.2, -0.15) is 0 Å². The van der Waals surface area contributed by atoms with E-state index in [0.717, 1.165) is 25.2 Å². The zero-order chi connectivity index (χ0) is 24.8. The number of anilines is 2. The van der Waals surface area contributed by atoms with Gasteiger partial charge in [-0.3, -0.25) is 14.5 Å². The molecule has 1 unspecified atom stereocenters. The summed E-state index contributed by atoms with van der Waals surface area (Å²) in [7, 11) is 3.13. The van der Waals surface area contributed by atoms with Crippen LogP contribution in [-0.4, -0.2) is 76.4 Å². The molecule has 1 saturated heterocycles. The highest BCUT2D eigenvalue weighted by Gasteiger charge is 2.32. The molecule has 4 rings (SSSR count). The lowest BCUT2D eigenvalue weighted by Gasteiger charge is -2.35. The molecule has 0 saturated carbocycles. The van der Waals surface area contributed by atoms with E-state index in [0.29, 0.717) is 48.4 Å². The molecular weight excluding hydrogens is 450 g/mol. The van der Waals surface area contributed by atoms with E-state index in [1.54, 1.807) is 62.5 Å². The van der Waals surface area contributed by atoms with Crippen LogP contribution in [0.4, 0.5) is 11.4 Å². The van der Waals surface area contributed by atoms with Gasteiger partial charge in [-0.25, -0.2) is 0 Å². The van der Waals surface area contributed by atoms with Crippen LogP contribution in [0.25, 0.3) is 6.08 Å². The Hall–Kier alpha value is -3.56. The van der Waals surface area contributed by atoms with Gasteiger partial charge in [0.1, 0.15) is 5.75 Å². The molecule has 0 aliphatic carbocycles. The predicted molar refractivity (Wildman–Crippen MR) is 133 cm³/mol. The monoisotopic (exact) mass is 481 g/mol. The van der Waals surface area contributed by atoms with Gasteiger partial charge in [0.2, 0.25) is 5.91 Å². The van der Waals surface area contributed by atoms with Crippen LogP contribution in [0.5, 0.6) is 17.2 Å². The number of nitrogens with one attached hydrogen (secondary N) is 1. The Bertz CT molecular complexity index is 1100. The third-order valence-electron chi connectivity index (χ3n) is 6.01. The number of nitrogens with zero attached hydrogens (tertiary/aromatic N) is 2. The molecule has 0 aromatic heterocycles. The molecule has 2 heterocycles. The Balaban J connectivity index is 1.45. The SMILES string of the molecule is COc1ccc(/C=C/C(=O)Nc2ccc3c(c2)N(CCN2CCOCC2)C(=O)C(C)O3)cc1OC. The van der Waals surface area contributed by atoms with E-state index in [4.69, 9.17) is 18.9 Å². The maximum Gasteiger partial charge on any atom is 0.267 e. The van der Waals surface area contributed by atoms with Crippen molar-refractivity contribution < 1.29 is 28.5 Å². The summed E-state index contributed by atoms with van der Waals surface area (Å²) in [5, 5.41) is 2.86. The number of amides is 2. The maximum absolute atomic E-state index is 12.9. The number of morpholine rings is 1. The summed E-state index contributed by atoms with van der Waals surface area (Å²) in [4.78, 5) is 29.5. The number of hydrogen-bond acceptors (Lipinski definition) is 7. The first-order valence-corrected chi connectivity index (χ1v) is 11.6. The van der Waals surface area contributed by atoms with E-state index in [9.17, 15) is 9.59 Å². The molecule has 2 amide bonds. The molecule has 186 valence electrons. The minimum Gasteiger partial charge on any atom is -0.493 e. The fourth-order valence-electron chi connectivity index (χ4n) is 4.09. The van der Waals surface area contributed by atoms with Gasteiger partial charge in [0.05, 0.1) is 33.1 Å². The number of ether oxygens (including phenoxy) is 4. The van der Waals surface area contributed by atoms with Gasteiger partial charge in [0, 0.05) is 37.9 Å². The number of rotatable bonds is 8. The molecule has 0 radical (unpaired) electrons. The van der Waals surface area contributed by atoms with Crippen molar-refractivity contribution >= 4 is 29.3 Å². The van der Waals surface area contributed by atoms with E-state index < -0.39 is 6.10 Å². The van der Waals surface area contributed by atoms with Crippen molar-refractivity contribution in [1.82, 2.24) is 4.90 Å². The lowest BCUT2D eigenvalue weighted by atomic mass is 10.1. The maximum atomic E-state index is 12.9. The lowest BCUT2D eigenvalue weighted by molar-refractivity contribution is -0.125. The van der Waals surface area contributed by atoms with Crippen molar-refractivity contribution in [3.8, 4) is 17.2 Å². The summed E-state index contributed by atoms with van der Waals surface area (Å²) in [6, 6.07) is 10.7. The molecule has 0 bridgehead atoms. The lowest BCUT2D eigenvalue weighted by Crippen LogP contribution is -2.48. The predicted octanol–water partition coefficient (Wildman–Crippen LogP) is 2.80. The standard InChI is InChI=1S/C26H31N3O6/c1-18-26(31)29(11-10-28-12-14-34-15-13-28)21-17-20(6-8-22(21)35-18)27-25(30)9-5-19-4-7-23(32-2)24(16-19)33-3/h4-9,16-18H,10-15H2,1-3H3,(H,27,30)/b9-5+. The Labute approximate surface area is 205 Å². The molecule has 1 fully saturated rings. The van der Waals surface area contributed by atoms with Crippen molar-refractivity contribution in [3.63, 3.8) is 0 Å². The normalized spacial score (nSPS) is 18.2. The third kappa shape index (κ3) is 5.93. The van der Waals surface area contributed by atoms with Crippen molar-refractivity contribution in [2.75, 3.05) is 63.8 Å². The minimum atomic E-state index is -0.558. The van der Waals surface area contributed by atoms with E-state index in [1.807, 2.05) is 6.07 Å². The topological polar surface area (TPSA) is 89.6 Å². The minimum absolute atomic E-state index is 0.0948. The number of hydrogen-bond donors (Lipinski definition) is 1. The Morgan fingerprint density at radius 1 is 1.09 bits per heavy atom. The van der Waals surface area contributed by atoms with Crippen LogP contribution in [-0.2, 0) is 14.3 Å². The van der Waals surface area contributed by atoms with Gasteiger partial charge in [-0.05, 0) is 48.9 Å². The van der Waals surface area contributed by atoms with Gasteiger partial charge < -0.3 is 29.2 Å². The molecule has 2 aliphatic heterocycles. The van der Waals surface area contributed by atoms with Crippen molar-refractivity contribution in [1.29, 1.82) is 0 Å². The third-order valence-corrected chi connectivity index (χ3v) is 6.01.